The van der Waals surface area contributed by atoms with Gasteiger partial charge in [0, 0.05) is 17.1 Å². The van der Waals surface area contributed by atoms with Crippen molar-refractivity contribution in [2.45, 2.75) is 18.3 Å². The standard InChI is InChI=1S/C12H10ClNO/c13-9-2-1-3-10-11(9)8(6-14-10)12(7-15)4-5-12/h1-3,6-7,14H,4-5H2. The van der Waals surface area contributed by atoms with E-state index in [0.29, 0.717) is 0 Å². The van der Waals surface area contributed by atoms with Gasteiger partial charge in [0.15, 0.2) is 0 Å². The second-order valence-electron chi connectivity index (χ2n) is 4.14. The van der Waals surface area contributed by atoms with Crippen LogP contribution >= 0.6 is 11.6 Å². The van der Waals surface area contributed by atoms with Crippen LogP contribution in [0.2, 0.25) is 5.02 Å². The molecule has 0 aliphatic heterocycles. The fourth-order valence-corrected chi connectivity index (χ4v) is 2.39. The third-order valence-electron chi connectivity index (χ3n) is 3.21. The summed E-state index contributed by atoms with van der Waals surface area (Å²) in [5.74, 6) is 0. The van der Waals surface area contributed by atoms with E-state index in [-0.39, 0.29) is 5.41 Å². The summed E-state index contributed by atoms with van der Waals surface area (Å²) in [6.07, 6.45) is 4.85. The summed E-state index contributed by atoms with van der Waals surface area (Å²) in [5, 5.41) is 1.72. The number of hydrogen-bond donors (Lipinski definition) is 1. The van der Waals surface area contributed by atoms with Gasteiger partial charge >= 0.3 is 0 Å². The Labute approximate surface area is 92.2 Å². The minimum absolute atomic E-state index is 0.261. The highest BCUT2D eigenvalue weighted by Gasteiger charge is 2.46. The molecule has 1 heterocycles. The van der Waals surface area contributed by atoms with Crippen LogP contribution in [0.1, 0.15) is 18.4 Å². The van der Waals surface area contributed by atoms with Crippen molar-refractivity contribution in [1.82, 2.24) is 4.98 Å². The highest BCUT2D eigenvalue weighted by Crippen LogP contribution is 2.49. The molecule has 1 N–H and O–H groups in total. The van der Waals surface area contributed by atoms with Gasteiger partial charge in [0.2, 0.25) is 0 Å². The molecular weight excluding hydrogens is 210 g/mol. The van der Waals surface area contributed by atoms with E-state index in [1.54, 1.807) is 0 Å². The zero-order valence-corrected chi connectivity index (χ0v) is 8.84. The Kier molecular flexibility index (Phi) is 1.71. The van der Waals surface area contributed by atoms with Crippen molar-refractivity contribution in [3.05, 3.63) is 35.0 Å². The van der Waals surface area contributed by atoms with Crippen molar-refractivity contribution in [1.29, 1.82) is 0 Å². The van der Waals surface area contributed by atoms with E-state index in [0.717, 1.165) is 40.6 Å². The van der Waals surface area contributed by atoms with Crippen LogP contribution in [0.3, 0.4) is 0 Å². The third kappa shape index (κ3) is 1.15. The lowest BCUT2D eigenvalue weighted by atomic mass is 9.97. The molecule has 1 fully saturated rings. The number of carbonyl (C=O) groups excluding carboxylic acids is 1. The molecule has 0 saturated heterocycles. The van der Waals surface area contributed by atoms with E-state index in [4.69, 9.17) is 11.6 Å². The maximum Gasteiger partial charge on any atom is 0.130 e. The molecule has 0 spiro atoms. The van der Waals surface area contributed by atoms with Crippen molar-refractivity contribution >= 4 is 28.8 Å². The summed E-state index contributed by atoms with van der Waals surface area (Å²) in [6.45, 7) is 0. The van der Waals surface area contributed by atoms with Gasteiger partial charge in [-0.15, -0.1) is 0 Å². The molecule has 0 radical (unpaired) electrons. The SMILES string of the molecule is O=CC1(c2c[nH]c3cccc(Cl)c23)CC1. The highest BCUT2D eigenvalue weighted by atomic mass is 35.5. The normalized spacial score (nSPS) is 17.9. The molecule has 0 atom stereocenters. The van der Waals surface area contributed by atoms with Gasteiger partial charge in [0.25, 0.3) is 0 Å². The Hall–Kier alpha value is -1.28. The summed E-state index contributed by atoms with van der Waals surface area (Å²) >= 11 is 6.16. The lowest BCUT2D eigenvalue weighted by molar-refractivity contribution is -0.109. The molecule has 76 valence electrons. The number of H-pyrrole nitrogens is 1. The zero-order chi connectivity index (χ0) is 10.5. The Morgan fingerprint density at radius 2 is 2.20 bits per heavy atom. The van der Waals surface area contributed by atoms with Gasteiger partial charge in [-0.2, -0.15) is 0 Å². The Morgan fingerprint density at radius 3 is 2.87 bits per heavy atom. The first-order chi connectivity index (χ1) is 7.27. The predicted molar refractivity (Wildman–Crippen MR) is 60.3 cm³/mol. The summed E-state index contributed by atoms with van der Waals surface area (Å²) < 4.78 is 0. The van der Waals surface area contributed by atoms with Crippen LogP contribution < -0.4 is 0 Å². The lowest BCUT2D eigenvalue weighted by Gasteiger charge is -2.05. The number of aldehydes is 1. The molecule has 1 aliphatic rings. The summed E-state index contributed by atoms with van der Waals surface area (Å²) in [6, 6.07) is 5.75. The largest absolute Gasteiger partial charge is 0.361 e. The van der Waals surface area contributed by atoms with E-state index in [2.05, 4.69) is 4.98 Å². The molecule has 2 aromatic rings. The van der Waals surface area contributed by atoms with Gasteiger partial charge < -0.3 is 9.78 Å². The third-order valence-corrected chi connectivity index (χ3v) is 3.52. The van der Waals surface area contributed by atoms with Gasteiger partial charge in [-0.05, 0) is 30.5 Å². The van der Waals surface area contributed by atoms with Gasteiger partial charge in [0.05, 0.1) is 10.4 Å². The zero-order valence-electron chi connectivity index (χ0n) is 8.09. The topological polar surface area (TPSA) is 32.9 Å². The second-order valence-corrected chi connectivity index (χ2v) is 4.55. The summed E-state index contributed by atoms with van der Waals surface area (Å²) in [7, 11) is 0. The monoisotopic (exact) mass is 219 g/mol. The van der Waals surface area contributed by atoms with Crippen LogP contribution in [0, 0.1) is 0 Å². The number of rotatable bonds is 2. The van der Waals surface area contributed by atoms with Crippen LogP contribution in [0.25, 0.3) is 10.9 Å². The number of fused-ring (bicyclic) bond motifs is 1. The number of aromatic amines is 1. The van der Waals surface area contributed by atoms with Crippen LogP contribution in [-0.4, -0.2) is 11.3 Å². The lowest BCUT2D eigenvalue weighted by Crippen LogP contribution is -2.06. The highest BCUT2D eigenvalue weighted by molar-refractivity contribution is 6.35. The van der Waals surface area contributed by atoms with Gasteiger partial charge in [-0.3, -0.25) is 0 Å². The second kappa shape index (κ2) is 2.86. The summed E-state index contributed by atoms with van der Waals surface area (Å²) in [4.78, 5) is 14.3. The number of nitrogens with one attached hydrogen (secondary N) is 1. The van der Waals surface area contributed by atoms with Crippen LogP contribution in [0.4, 0.5) is 0 Å². The van der Waals surface area contributed by atoms with Crippen molar-refractivity contribution in [2.75, 3.05) is 0 Å². The van der Waals surface area contributed by atoms with E-state index in [9.17, 15) is 4.79 Å². The van der Waals surface area contributed by atoms with E-state index < -0.39 is 0 Å². The Bertz CT molecular complexity index is 540. The predicted octanol–water partition coefficient (Wildman–Crippen LogP) is 3.05. The molecule has 1 aromatic heterocycles. The Balaban J connectivity index is 2.32. The number of carbonyl (C=O) groups is 1. The number of benzene rings is 1. The quantitative estimate of drug-likeness (QED) is 0.774. The molecule has 2 nitrogen and oxygen atoms in total. The minimum atomic E-state index is -0.261. The molecule has 1 saturated carbocycles. The maximum absolute atomic E-state index is 11.1. The molecule has 0 unspecified atom stereocenters. The van der Waals surface area contributed by atoms with E-state index in [1.165, 1.54) is 0 Å². The molecule has 3 rings (SSSR count). The number of halogens is 1. The smallest absolute Gasteiger partial charge is 0.130 e. The molecule has 1 aromatic carbocycles. The summed E-state index contributed by atoms with van der Waals surface area (Å²) in [5.41, 5.74) is 1.80. The van der Waals surface area contributed by atoms with Gasteiger partial charge in [0.1, 0.15) is 6.29 Å². The first-order valence-corrected chi connectivity index (χ1v) is 5.37. The van der Waals surface area contributed by atoms with Crippen LogP contribution in [-0.2, 0) is 10.2 Å². The van der Waals surface area contributed by atoms with Crippen molar-refractivity contribution in [2.24, 2.45) is 0 Å². The fraction of sp³-hybridized carbons (Fsp3) is 0.250. The minimum Gasteiger partial charge on any atom is -0.361 e. The van der Waals surface area contributed by atoms with Crippen LogP contribution in [0.5, 0.6) is 0 Å². The van der Waals surface area contributed by atoms with E-state index >= 15 is 0 Å². The number of hydrogen-bond acceptors (Lipinski definition) is 1. The van der Waals surface area contributed by atoms with Crippen LogP contribution in [0.15, 0.2) is 24.4 Å². The van der Waals surface area contributed by atoms with Gasteiger partial charge in [-0.25, -0.2) is 0 Å². The van der Waals surface area contributed by atoms with Crippen molar-refractivity contribution < 1.29 is 4.79 Å². The maximum atomic E-state index is 11.1. The molecule has 0 amide bonds. The van der Waals surface area contributed by atoms with E-state index in [1.807, 2.05) is 24.4 Å². The fourth-order valence-electron chi connectivity index (χ4n) is 2.12. The molecule has 0 bridgehead atoms. The molecule has 1 aliphatic carbocycles. The average molecular weight is 220 g/mol. The molecular formula is C12H10ClNO. The van der Waals surface area contributed by atoms with Crippen molar-refractivity contribution in [3.63, 3.8) is 0 Å². The average Bonchev–Trinajstić information content (AvgIpc) is 2.92. The molecule has 3 heteroatoms. The Morgan fingerprint density at radius 1 is 1.40 bits per heavy atom. The first kappa shape index (κ1) is 8.98. The van der Waals surface area contributed by atoms with Gasteiger partial charge in [-0.1, -0.05) is 17.7 Å². The number of aromatic nitrogens is 1. The molecule has 15 heavy (non-hydrogen) atoms. The first-order valence-electron chi connectivity index (χ1n) is 4.99. The van der Waals surface area contributed by atoms with Crippen molar-refractivity contribution in [3.8, 4) is 0 Å².